The molecule has 8 unspecified atom stereocenters. The van der Waals surface area contributed by atoms with E-state index in [1.807, 2.05) is 34.6 Å². The summed E-state index contributed by atoms with van der Waals surface area (Å²) in [6.07, 6.45) is 14.8. The average Bonchev–Trinajstić information content (AvgIpc) is 3.81. The van der Waals surface area contributed by atoms with Crippen molar-refractivity contribution in [2.24, 2.45) is 28.1 Å². The monoisotopic (exact) mass is 858 g/mol. The van der Waals surface area contributed by atoms with Crippen molar-refractivity contribution in [2.75, 3.05) is 26.2 Å². The first kappa shape index (κ1) is 48.2. The lowest BCUT2D eigenvalue weighted by molar-refractivity contribution is -0.145. The summed E-state index contributed by atoms with van der Waals surface area (Å²) in [6.45, 7) is 24.3. The van der Waals surface area contributed by atoms with E-state index in [1.165, 1.54) is 0 Å². The minimum Gasteiger partial charge on any atom is -0.343 e. The number of carbonyl (C=O) groups is 5. The minimum absolute atomic E-state index is 0.0513. The zero-order chi connectivity index (χ0) is 44.2. The number of hydrogen-bond donors (Lipinski definition) is 4. The van der Waals surface area contributed by atoms with Crippen LogP contribution in [0.3, 0.4) is 0 Å². The fourth-order valence-electron chi connectivity index (χ4n) is 11.0. The van der Waals surface area contributed by atoms with Crippen LogP contribution < -0.4 is 20.7 Å². The van der Waals surface area contributed by atoms with Crippen LogP contribution in [-0.4, -0.2) is 110 Å². The SMILES string of the molecule is C=CC1CC1(NC(=O)C1CC2(CCCCCC2(C)C)CN1C(=O)C(NC(=O)C(NC(=O)C1CCCCN1C(C)C)C1CCCCC1)C(C)(C)C)C(=O)NS(=O)N(CC)CC. The van der Waals surface area contributed by atoms with Crippen LogP contribution in [0.5, 0.6) is 0 Å². The maximum absolute atomic E-state index is 15.4. The Balaban J connectivity index is 1.45. The van der Waals surface area contributed by atoms with E-state index in [9.17, 15) is 23.4 Å². The first-order valence-corrected chi connectivity index (χ1v) is 24.5. The Hall–Kier alpha value is -2.84. The number of nitrogens with zero attached hydrogens (tertiary/aromatic N) is 3. The molecule has 2 aliphatic heterocycles. The van der Waals surface area contributed by atoms with Crippen molar-refractivity contribution in [1.29, 1.82) is 0 Å². The molecule has 1 spiro atoms. The maximum Gasteiger partial charge on any atom is 0.259 e. The van der Waals surface area contributed by atoms with Gasteiger partial charge in [0.25, 0.3) is 5.91 Å². The van der Waals surface area contributed by atoms with Crippen LogP contribution in [0.1, 0.15) is 159 Å². The van der Waals surface area contributed by atoms with E-state index in [0.717, 1.165) is 90.0 Å². The molecule has 0 bridgehead atoms. The lowest BCUT2D eigenvalue weighted by Crippen LogP contribution is -2.63. The topological polar surface area (TPSA) is 160 Å². The van der Waals surface area contributed by atoms with Crippen molar-refractivity contribution in [1.82, 2.24) is 34.8 Å². The van der Waals surface area contributed by atoms with Crippen LogP contribution in [0.15, 0.2) is 12.7 Å². The molecule has 0 aromatic heterocycles. The van der Waals surface area contributed by atoms with Gasteiger partial charge in [0.1, 0.15) is 23.7 Å². The molecule has 0 radical (unpaired) electrons. The molecule has 14 heteroatoms. The Morgan fingerprint density at radius 3 is 2.08 bits per heavy atom. The standard InChI is InChI=1S/C46H79N7O6S/c1-11-33-28-46(33,42(58)50-60(59)51(12-2)13-3)49-39(55)35-29-45(26-20-15-19-25-44(45,9)10)30-53(35)41(57)37(43(6,7)8)48-40(56)36(32-22-16-14-17-23-32)47-38(54)34-24-18-21-27-52(34)31(4)5/h11,31-37H,1,12-30H2,2-10H3,(H,47,54)(H,48,56)(H,49,55)(H,50,58). The van der Waals surface area contributed by atoms with Gasteiger partial charge in [-0.3, -0.25) is 33.6 Å². The number of piperidine rings is 1. The fraction of sp³-hybridized carbons (Fsp3) is 0.848. The number of amides is 5. The molecule has 5 aliphatic rings. The highest BCUT2D eigenvalue weighted by molar-refractivity contribution is 7.81. The molecule has 5 fully saturated rings. The van der Waals surface area contributed by atoms with Gasteiger partial charge in [0.2, 0.25) is 23.6 Å². The summed E-state index contributed by atoms with van der Waals surface area (Å²) < 4.78 is 17.4. The summed E-state index contributed by atoms with van der Waals surface area (Å²) in [5.41, 5.74) is -2.63. The van der Waals surface area contributed by atoms with Crippen molar-refractivity contribution in [2.45, 2.75) is 194 Å². The third-order valence-corrected chi connectivity index (χ3v) is 16.5. The van der Waals surface area contributed by atoms with Crippen LogP contribution in [0.4, 0.5) is 0 Å². The van der Waals surface area contributed by atoms with Crippen molar-refractivity contribution in [3.05, 3.63) is 12.7 Å². The summed E-state index contributed by atoms with van der Waals surface area (Å²) in [6, 6.07) is -2.80. The van der Waals surface area contributed by atoms with Gasteiger partial charge < -0.3 is 20.9 Å². The molecule has 2 saturated heterocycles. The molecule has 60 heavy (non-hydrogen) atoms. The van der Waals surface area contributed by atoms with Gasteiger partial charge in [-0.2, -0.15) is 0 Å². The zero-order valence-corrected chi connectivity index (χ0v) is 39.3. The molecule has 3 aliphatic carbocycles. The van der Waals surface area contributed by atoms with E-state index in [-0.39, 0.29) is 52.5 Å². The minimum atomic E-state index is -1.79. The van der Waals surface area contributed by atoms with Crippen LogP contribution in [0, 0.1) is 28.1 Å². The van der Waals surface area contributed by atoms with Crippen molar-refractivity contribution < 1.29 is 28.2 Å². The van der Waals surface area contributed by atoms with Gasteiger partial charge in [-0.1, -0.05) is 99.5 Å². The summed E-state index contributed by atoms with van der Waals surface area (Å²) >= 11 is -1.79. The van der Waals surface area contributed by atoms with Gasteiger partial charge in [-0.05, 0) is 93.9 Å². The number of rotatable bonds is 15. The molecule has 4 N–H and O–H groups in total. The molecular formula is C46H79N7O6S. The first-order valence-electron chi connectivity index (χ1n) is 23.3. The normalized spacial score (nSPS) is 30.2. The summed E-state index contributed by atoms with van der Waals surface area (Å²) in [5.74, 6) is -2.20. The van der Waals surface area contributed by atoms with E-state index in [2.05, 4.69) is 59.8 Å². The largest absolute Gasteiger partial charge is 0.343 e. The lowest BCUT2D eigenvalue weighted by Gasteiger charge is -2.44. The van der Waals surface area contributed by atoms with Crippen molar-refractivity contribution in [3.63, 3.8) is 0 Å². The highest BCUT2D eigenvalue weighted by Gasteiger charge is 2.63. The van der Waals surface area contributed by atoms with Crippen LogP contribution in [0.2, 0.25) is 0 Å². The predicted molar refractivity (Wildman–Crippen MR) is 237 cm³/mol. The van der Waals surface area contributed by atoms with E-state index in [0.29, 0.717) is 32.5 Å². The third kappa shape index (κ3) is 10.3. The van der Waals surface area contributed by atoms with Crippen LogP contribution >= 0.6 is 0 Å². The number of hydrogen-bond acceptors (Lipinski definition) is 7. The molecule has 5 amide bonds. The number of likely N-dealkylation sites (tertiary alicyclic amines) is 2. The van der Waals surface area contributed by atoms with Gasteiger partial charge in [-0.25, -0.2) is 8.51 Å². The number of carbonyl (C=O) groups excluding carboxylic acids is 5. The second kappa shape index (κ2) is 19.7. The first-order chi connectivity index (χ1) is 28.3. The van der Waals surface area contributed by atoms with Gasteiger partial charge in [0.05, 0.1) is 6.04 Å². The molecule has 13 nitrogen and oxygen atoms in total. The van der Waals surface area contributed by atoms with Gasteiger partial charge in [0, 0.05) is 31.6 Å². The fourth-order valence-corrected chi connectivity index (χ4v) is 11.9. The Kier molecular flexibility index (Phi) is 15.8. The molecule has 5 rings (SSSR count). The second-order valence-electron chi connectivity index (χ2n) is 20.7. The van der Waals surface area contributed by atoms with Crippen molar-refractivity contribution >= 4 is 40.7 Å². The third-order valence-electron chi connectivity index (χ3n) is 15.2. The van der Waals surface area contributed by atoms with Gasteiger partial charge in [-0.15, -0.1) is 6.58 Å². The maximum atomic E-state index is 15.4. The number of nitrogens with one attached hydrogen (secondary N) is 4. The molecular weight excluding hydrogens is 779 g/mol. The molecule has 0 aromatic rings. The van der Waals surface area contributed by atoms with E-state index < -0.39 is 52.1 Å². The highest BCUT2D eigenvalue weighted by Crippen LogP contribution is 2.56. The smallest absolute Gasteiger partial charge is 0.259 e. The van der Waals surface area contributed by atoms with Crippen LogP contribution in [-0.2, 0) is 35.1 Å². The zero-order valence-electron chi connectivity index (χ0n) is 38.5. The predicted octanol–water partition coefficient (Wildman–Crippen LogP) is 5.52. The Morgan fingerprint density at radius 2 is 1.48 bits per heavy atom. The van der Waals surface area contributed by atoms with E-state index in [1.54, 1.807) is 15.3 Å². The Morgan fingerprint density at radius 1 is 0.850 bits per heavy atom. The quantitative estimate of drug-likeness (QED) is 0.158. The van der Waals surface area contributed by atoms with Gasteiger partial charge >= 0.3 is 0 Å². The molecule has 8 atom stereocenters. The van der Waals surface area contributed by atoms with Crippen LogP contribution in [0.25, 0.3) is 0 Å². The van der Waals surface area contributed by atoms with E-state index in [4.69, 9.17) is 0 Å². The Bertz CT molecular complexity index is 1600. The lowest BCUT2D eigenvalue weighted by atomic mass is 9.61. The van der Waals surface area contributed by atoms with E-state index >= 15 is 4.79 Å². The molecule has 3 saturated carbocycles. The average molecular weight is 858 g/mol. The molecule has 2 heterocycles. The summed E-state index contributed by atoms with van der Waals surface area (Å²) in [7, 11) is 0. The second-order valence-corrected chi connectivity index (χ2v) is 22.0. The summed E-state index contributed by atoms with van der Waals surface area (Å²) in [4.78, 5) is 76.9. The summed E-state index contributed by atoms with van der Waals surface area (Å²) in [5, 5.41) is 9.49. The highest BCUT2D eigenvalue weighted by atomic mass is 32.2. The molecule has 340 valence electrons. The van der Waals surface area contributed by atoms with Crippen molar-refractivity contribution in [3.8, 4) is 0 Å². The Labute approximate surface area is 363 Å². The molecule has 0 aromatic carbocycles. The van der Waals surface area contributed by atoms with Gasteiger partial charge in [0.15, 0.2) is 11.2 Å².